The minimum Gasteiger partial charge on any atom is -0.338 e. The molecule has 0 saturated carbocycles. The molecule has 0 aliphatic rings. The molecule has 0 aliphatic carbocycles. The highest BCUT2D eigenvalue weighted by Gasteiger charge is 2.33. The van der Waals surface area contributed by atoms with Crippen molar-refractivity contribution >= 4 is 6.08 Å². The van der Waals surface area contributed by atoms with Crippen molar-refractivity contribution in [1.29, 1.82) is 0 Å². The molecule has 0 aliphatic heterocycles. The summed E-state index contributed by atoms with van der Waals surface area (Å²) in [5, 5.41) is 0. The van der Waals surface area contributed by atoms with Gasteiger partial charge in [-0.3, -0.25) is 0 Å². The Kier molecular flexibility index (Phi) is 14.7. The highest BCUT2D eigenvalue weighted by molar-refractivity contribution is 5.53. The van der Waals surface area contributed by atoms with Gasteiger partial charge >= 0.3 is 0 Å². The zero-order valence-corrected chi connectivity index (χ0v) is 24.2. The maximum atomic E-state index is 6.86. The summed E-state index contributed by atoms with van der Waals surface area (Å²) in [7, 11) is 0. The van der Waals surface area contributed by atoms with E-state index in [9.17, 15) is 0 Å². The van der Waals surface area contributed by atoms with E-state index in [0.717, 1.165) is 44.1 Å². The molecule has 0 spiro atoms. The lowest BCUT2D eigenvalue weighted by Crippen LogP contribution is -2.40. The van der Waals surface area contributed by atoms with Crippen LogP contribution in [0.4, 0.5) is 0 Å². The van der Waals surface area contributed by atoms with Gasteiger partial charge in [0, 0.05) is 0 Å². The van der Waals surface area contributed by atoms with Crippen LogP contribution in [0.1, 0.15) is 105 Å². The average molecular weight is 493 g/mol. The van der Waals surface area contributed by atoms with Crippen LogP contribution in [-0.2, 0) is 9.47 Å². The topological polar surface area (TPSA) is 18.5 Å². The molecule has 200 valence electrons. The Bertz CT molecular complexity index is 826. The SMILES string of the molecule is C=CC(C)(CCC=C(C)C)OC(OC(C)(C=C)CCC=C(C)C)/C(=C\c1ccccc1)CCCCC. The van der Waals surface area contributed by atoms with Crippen molar-refractivity contribution in [2.45, 2.75) is 117 Å². The van der Waals surface area contributed by atoms with Crippen LogP contribution in [0.15, 0.2) is 84.5 Å². The largest absolute Gasteiger partial charge is 0.338 e. The molecular weight excluding hydrogens is 440 g/mol. The second-order valence-electron chi connectivity index (χ2n) is 10.8. The molecule has 0 amide bonds. The van der Waals surface area contributed by atoms with E-state index in [0.29, 0.717) is 0 Å². The summed E-state index contributed by atoms with van der Waals surface area (Å²) in [5.74, 6) is 0. The summed E-state index contributed by atoms with van der Waals surface area (Å²) in [5.41, 5.74) is 3.93. The van der Waals surface area contributed by atoms with E-state index in [4.69, 9.17) is 9.47 Å². The van der Waals surface area contributed by atoms with Gasteiger partial charge < -0.3 is 9.47 Å². The molecule has 0 heterocycles. The highest BCUT2D eigenvalue weighted by atomic mass is 16.7. The lowest BCUT2D eigenvalue weighted by Gasteiger charge is -2.38. The van der Waals surface area contributed by atoms with Crippen LogP contribution in [0.5, 0.6) is 0 Å². The predicted molar refractivity (Wildman–Crippen MR) is 159 cm³/mol. The first kappa shape index (κ1) is 31.9. The van der Waals surface area contributed by atoms with E-state index in [1.54, 1.807) is 0 Å². The van der Waals surface area contributed by atoms with Crippen molar-refractivity contribution in [1.82, 2.24) is 0 Å². The number of benzene rings is 1. The summed E-state index contributed by atoms with van der Waals surface area (Å²) in [4.78, 5) is 0. The fraction of sp³-hybridized carbons (Fsp3) is 0.529. The van der Waals surface area contributed by atoms with E-state index in [1.807, 2.05) is 12.2 Å². The molecule has 0 radical (unpaired) electrons. The van der Waals surface area contributed by atoms with Gasteiger partial charge in [0.2, 0.25) is 0 Å². The Labute approximate surface area is 222 Å². The van der Waals surface area contributed by atoms with E-state index in [2.05, 4.69) is 110 Å². The van der Waals surface area contributed by atoms with Crippen molar-refractivity contribution < 1.29 is 9.47 Å². The summed E-state index contributed by atoms with van der Waals surface area (Å²) in [6.07, 6.45) is 18.1. The number of hydrogen-bond acceptors (Lipinski definition) is 2. The minimum atomic E-state index is -0.515. The highest BCUT2D eigenvalue weighted by Crippen LogP contribution is 2.33. The minimum absolute atomic E-state index is 0.494. The number of ether oxygens (including phenoxy) is 2. The van der Waals surface area contributed by atoms with Crippen LogP contribution < -0.4 is 0 Å². The standard InChI is InChI=1S/C34H52O2/c1-10-13-15-24-31(27-30-22-16-14-17-23-30)32(35-33(8,11-2)25-18-20-28(4)5)36-34(9,12-3)26-19-21-29(6)7/h11-12,14,16-17,20-23,27,32H,2-3,10,13,15,18-19,24-26H2,1,4-9H3/b31-27-. The van der Waals surface area contributed by atoms with Crippen LogP contribution in [0.2, 0.25) is 0 Å². The lowest BCUT2D eigenvalue weighted by molar-refractivity contribution is -0.211. The molecule has 2 heteroatoms. The number of rotatable bonds is 18. The van der Waals surface area contributed by atoms with Gasteiger partial charge in [-0.25, -0.2) is 0 Å². The molecule has 0 bridgehead atoms. The Morgan fingerprint density at radius 2 is 1.33 bits per heavy atom. The quantitative estimate of drug-likeness (QED) is 0.115. The first-order valence-corrected chi connectivity index (χ1v) is 13.7. The summed E-state index contributed by atoms with van der Waals surface area (Å²) in [6.45, 7) is 23.3. The van der Waals surface area contributed by atoms with Crippen molar-refractivity contribution in [2.75, 3.05) is 0 Å². The average Bonchev–Trinajstić information content (AvgIpc) is 2.83. The molecule has 1 rings (SSSR count). The molecule has 1 aromatic rings. The fourth-order valence-corrected chi connectivity index (χ4v) is 3.98. The second kappa shape index (κ2) is 16.6. The lowest BCUT2D eigenvalue weighted by atomic mass is 9.96. The van der Waals surface area contributed by atoms with Crippen LogP contribution in [0.3, 0.4) is 0 Å². The molecule has 1 aromatic carbocycles. The fourth-order valence-electron chi connectivity index (χ4n) is 3.98. The monoisotopic (exact) mass is 492 g/mol. The van der Waals surface area contributed by atoms with E-state index in [1.165, 1.54) is 29.6 Å². The Balaban J connectivity index is 3.41. The third kappa shape index (κ3) is 12.7. The van der Waals surface area contributed by atoms with Crippen molar-refractivity contribution in [3.05, 3.63) is 90.1 Å². The molecule has 2 atom stereocenters. The summed E-state index contributed by atoms with van der Waals surface area (Å²) in [6, 6.07) is 10.5. The van der Waals surface area contributed by atoms with Crippen LogP contribution in [-0.4, -0.2) is 17.5 Å². The Morgan fingerprint density at radius 1 is 0.833 bits per heavy atom. The van der Waals surface area contributed by atoms with Gasteiger partial charge in [0.05, 0.1) is 11.2 Å². The van der Waals surface area contributed by atoms with Crippen molar-refractivity contribution in [3.8, 4) is 0 Å². The number of hydrogen-bond donors (Lipinski definition) is 0. The van der Waals surface area contributed by atoms with Gasteiger partial charge in [0.1, 0.15) is 0 Å². The van der Waals surface area contributed by atoms with Gasteiger partial charge in [0.25, 0.3) is 0 Å². The molecule has 2 nitrogen and oxygen atoms in total. The molecule has 0 saturated heterocycles. The van der Waals surface area contributed by atoms with Gasteiger partial charge in [-0.1, -0.05) is 91.6 Å². The van der Waals surface area contributed by atoms with Crippen LogP contribution in [0.25, 0.3) is 6.08 Å². The molecule has 0 N–H and O–H groups in total. The van der Waals surface area contributed by atoms with Gasteiger partial charge in [-0.15, -0.1) is 13.2 Å². The summed E-state index contributed by atoms with van der Waals surface area (Å²) >= 11 is 0. The molecule has 0 aromatic heterocycles. The normalized spacial score (nSPS) is 15.8. The van der Waals surface area contributed by atoms with Gasteiger partial charge in [-0.05, 0) is 91.2 Å². The van der Waals surface area contributed by atoms with E-state index in [-0.39, 0.29) is 0 Å². The molecule has 2 unspecified atom stereocenters. The first-order valence-electron chi connectivity index (χ1n) is 13.7. The van der Waals surface area contributed by atoms with Crippen molar-refractivity contribution in [2.24, 2.45) is 0 Å². The third-order valence-corrected chi connectivity index (χ3v) is 6.53. The molecular formula is C34H52O2. The predicted octanol–water partition coefficient (Wildman–Crippen LogP) is 10.4. The van der Waals surface area contributed by atoms with E-state index < -0.39 is 17.5 Å². The Morgan fingerprint density at radius 3 is 1.75 bits per heavy atom. The maximum Gasteiger partial charge on any atom is 0.182 e. The van der Waals surface area contributed by atoms with E-state index >= 15 is 0 Å². The molecule has 36 heavy (non-hydrogen) atoms. The van der Waals surface area contributed by atoms with Crippen LogP contribution in [0, 0.1) is 0 Å². The summed E-state index contributed by atoms with van der Waals surface area (Å²) < 4.78 is 13.7. The van der Waals surface area contributed by atoms with Gasteiger partial charge in [0.15, 0.2) is 6.29 Å². The molecule has 0 fully saturated rings. The number of allylic oxidation sites excluding steroid dienone is 4. The smallest absolute Gasteiger partial charge is 0.182 e. The second-order valence-corrected chi connectivity index (χ2v) is 10.8. The Hall–Kier alpha value is -2.16. The zero-order chi connectivity index (χ0) is 27.0. The first-order chi connectivity index (χ1) is 17.1. The van der Waals surface area contributed by atoms with Gasteiger partial charge in [-0.2, -0.15) is 0 Å². The maximum absolute atomic E-state index is 6.86. The zero-order valence-electron chi connectivity index (χ0n) is 24.2. The third-order valence-electron chi connectivity index (χ3n) is 6.53. The number of unbranched alkanes of at least 4 members (excludes halogenated alkanes) is 2. The van der Waals surface area contributed by atoms with Crippen LogP contribution >= 0.6 is 0 Å². The van der Waals surface area contributed by atoms with Crippen molar-refractivity contribution in [3.63, 3.8) is 0 Å².